The van der Waals surface area contributed by atoms with Gasteiger partial charge in [-0.2, -0.15) is 0 Å². The number of hydrogen-bond donors (Lipinski definition) is 0. The number of carbonyl (C=O) groups excluding carboxylic acids is 1. The molecule has 0 aliphatic heterocycles. The minimum absolute atomic E-state index is 0.000666. The summed E-state index contributed by atoms with van der Waals surface area (Å²) in [5, 5.41) is 0.494. The summed E-state index contributed by atoms with van der Waals surface area (Å²) in [5.41, 5.74) is 2.00. The molecule has 1 atom stereocenters. The van der Waals surface area contributed by atoms with E-state index >= 15 is 0 Å². The van der Waals surface area contributed by atoms with Crippen LogP contribution in [-0.4, -0.2) is 38.3 Å². The van der Waals surface area contributed by atoms with Crippen molar-refractivity contribution in [2.24, 2.45) is 0 Å². The zero-order valence-corrected chi connectivity index (χ0v) is 19.9. The van der Waals surface area contributed by atoms with Gasteiger partial charge in [0.25, 0.3) is 0 Å². The summed E-state index contributed by atoms with van der Waals surface area (Å²) in [7, 11) is -3.45. The second-order valence-corrected chi connectivity index (χ2v) is 10.0. The summed E-state index contributed by atoms with van der Waals surface area (Å²) in [6.45, 7) is 1.88. The Hall–Kier alpha value is -2.90. The number of benzene rings is 2. The van der Waals surface area contributed by atoms with Crippen molar-refractivity contribution in [3.8, 4) is 5.75 Å². The molecule has 0 amide bonds. The van der Waals surface area contributed by atoms with Crippen molar-refractivity contribution >= 4 is 27.4 Å². The fourth-order valence-electron chi connectivity index (χ4n) is 3.43. The lowest BCUT2D eigenvalue weighted by atomic mass is 9.90. The molecule has 3 rings (SSSR count). The van der Waals surface area contributed by atoms with Crippen LogP contribution in [0.4, 0.5) is 0 Å². The second-order valence-electron chi connectivity index (χ2n) is 7.49. The maximum atomic E-state index is 12.9. The number of rotatable bonds is 11. The van der Waals surface area contributed by atoms with Gasteiger partial charge in [-0.1, -0.05) is 29.8 Å². The van der Waals surface area contributed by atoms with Gasteiger partial charge in [0.05, 0.1) is 17.3 Å². The van der Waals surface area contributed by atoms with Crippen molar-refractivity contribution in [1.29, 1.82) is 0 Å². The topological polar surface area (TPSA) is 82.6 Å². The molecule has 0 aliphatic rings. The van der Waals surface area contributed by atoms with Crippen molar-refractivity contribution in [2.75, 3.05) is 19.0 Å². The van der Waals surface area contributed by atoms with Crippen LogP contribution in [0.25, 0.3) is 0 Å². The van der Waals surface area contributed by atoms with Crippen molar-refractivity contribution in [3.05, 3.63) is 89.2 Å². The Balaban J connectivity index is 1.74. The van der Waals surface area contributed by atoms with Gasteiger partial charge in [0.2, 0.25) is 0 Å². The molecular weight excluding hydrogens is 462 g/mol. The molecule has 0 saturated carbocycles. The Kier molecular flexibility index (Phi) is 8.86. The third kappa shape index (κ3) is 7.58. The predicted octanol–water partition coefficient (Wildman–Crippen LogP) is 4.87. The van der Waals surface area contributed by atoms with Gasteiger partial charge in [0, 0.05) is 17.4 Å². The fraction of sp³-hybridized carbons (Fsp3) is 0.280. The average Bonchev–Trinajstić information content (AvgIpc) is 2.82. The number of esters is 1. The highest BCUT2D eigenvalue weighted by Gasteiger charge is 2.20. The number of sulfone groups is 1. The van der Waals surface area contributed by atoms with Gasteiger partial charge in [-0.05, 0) is 79.3 Å². The number of nitrogens with zero attached hydrogens (tertiary/aromatic N) is 1. The standard InChI is InChI=1S/C25H26ClNO5S/c1-2-31-25(28)18-32-23-9-5-20(6-10-23)21(16-19-4-3-14-27-17-19)13-15-33(29,30)24-11-7-22(26)8-12-24/h3-12,14,17,21H,2,13,15-16,18H2,1H3. The highest BCUT2D eigenvalue weighted by atomic mass is 35.5. The normalized spacial score (nSPS) is 12.2. The minimum atomic E-state index is -3.45. The van der Waals surface area contributed by atoms with Crippen molar-refractivity contribution in [1.82, 2.24) is 4.98 Å². The maximum Gasteiger partial charge on any atom is 0.344 e. The van der Waals surface area contributed by atoms with Gasteiger partial charge in [-0.3, -0.25) is 4.98 Å². The molecule has 1 aromatic heterocycles. The first-order valence-corrected chi connectivity index (χ1v) is 12.7. The first kappa shape index (κ1) is 24.7. The molecule has 1 heterocycles. The summed E-state index contributed by atoms with van der Waals surface area (Å²) in [6, 6.07) is 17.4. The SMILES string of the molecule is CCOC(=O)COc1ccc(C(CCS(=O)(=O)c2ccc(Cl)cc2)Cc2cccnc2)cc1. The number of aromatic nitrogens is 1. The molecule has 0 bridgehead atoms. The molecule has 1 unspecified atom stereocenters. The molecule has 33 heavy (non-hydrogen) atoms. The van der Waals surface area contributed by atoms with E-state index < -0.39 is 15.8 Å². The van der Waals surface area contributed by atoms with Crippen LogP contribution in [0.15, 0.2) is 78.0 Å². The van der Waals surface area contributed by atoms with Gasteiger partial charge in [0.1, 0.15) is 5.75 Å². The van der Waals surface area contributed by atoms with Crippen molar-refractivity contribution in [2.45, 2.75) is 30.6 Å². The first-order valence-electron chi connectivity index (χ1n) is 10.6. The van der Waals surface area contributed by atoms with Crippen LogP contribution in [0.2, 0.25) is 5.02 Å². The van der Waals surface area contributed by atoms with Crippen molar-refractivity contribution < 1.29 is 22.7 Å². The molecular formula is C25H26ClNO5S. The van der Waals surface area contributed by atoms with E-state index in [9.17, 15) is 13.2 Å². The lowest BCUT2D eigenvalue weighted by Crippen LogP contribution is -2.15. The predicted molar refractivity (Wildman–Crippen MR) is 127 cm³/mol. The molecule has 0 aliphatic carbocycles. The molecule has 0 N–H and O–H groups in total. The van der Waals surface area contributed by atoms with Crippen LogP contribution in [-0.2, 0) is 25.8 Å². The number of halogens is 1. The average molecular weight is 488 g/mol. The van der Waals surface area contributed by atoms with Gasteiger partial charge in [-0.15, -0.1) is 0 Å². The minimum Gasteiger partial charge on any atom is -0.482 e. The molecule has 0 fully saturated rings. The Morgan fingerprint density at radius 2 is 1.79 bits per heavy atom. The van der Waals surface area contributed by atoms with E-state index in [1.54, 1.807) is 43.6 Å². The third-order valence-electron chi connectivity index (χ3n) is 5.13. The summed E-state index contributed by atoms with van der Waals surface area (Å²) in [5.74, 6) is 0.0697. The van der Waals surface area contributed by atoms with Crippen LogP contribution in [0.3, 0.4) is 0 Å². The van der Waals surface area contributed by atoms with E-state index in [1.165, 1.54) is 12.1 Å². The van der Waals surface area contributed by atoms with E-state index in [4.69, 9.17) is 21.1 Å². The van der Waals surface area contributed by atoms with Crippen molar-refractivity contribution in [3.63, 3.8) is 0 Å². The quantitative estimate of drug-likeness (QED) is 0.359. The van der Waals surface area contributed by atoms with Gasteiger partial charge in [-0.25, -0.2) is 13.2 Å². The highest BCUT2D eigenvalue weighted by Crippen LogP contribution is 2.28. The van der Waals surface area contributed by atoms with E-state index in [0.717, 1.165) is 11.1 Å². The summed E-state index contributed by atoms with van der Waals surface area (Å²) in [6.07, 6.45) is 4.58. The zero-order valence-electron chi connectivity index (χ0n) is 18.3. The van der Waals surface area contributed by atoms with E-state index in [1.807, 2.05) is 24.3 Å². The van der Waals surface area contributed by atoms with Gasteiger partial charge in [0.15, 0.2) is 16.4 Å². The molecule has 0 radical (unpaired) electrons. The monoisotopic (exact) mass is 487 g/mol. The Morgan fingerprint density at radius 1 is 1.06 bits per heavy atom. The number of pyridine rings is 1. The van der Waals surface area contributed by atoms with Crippen LogP contribution < -0.4 is 4.74 Å². The zero-order chi connectivity index (χ0) is 23.7. The van der Waals surface area contributed by atoms with Gasteiger partial charge >= 0.3 is 5.97 Å². The highest BCUT2D eigenvalue weighted by molar-refractivity contribution is 7.91. The van der Waals surface area contributed by atoms with Crippen LogP contribution in [0, 0.1) is 0 Å². The maximum absolute atomic E-state index is 12.9. The summed E-state index contributed by atoms with van der Waals surface area (Å²) < 4.78 is 36.1. The molecule has 2 aromatic carbocycles. The lowest BCUT2D eigenvalue weighted by Gasteiger charge is -2.18. The molecule has 6 nitrogen and oxygen atoms in total. The summed E-state index contributed by atoms with van der Waals surface area (Å²) >= 11 is 5.89. The Morgan fingerprint density at radius 3 is 2.42 bits per heavy atom. The van der Waals surface area contributed by atoms with E-state index in [-0.39, 0.29) is 23.2 Å². The lowest BCUT2D eigenvalue weighted by molar-refractivity contribution is -0.145. The Labute approximate surface area is 199 Å². The first-order chi connectivity index (χ1) is 15.9. The van der Waals surface area contributed by atoms with E-state index in [0.29, 0.717) is 30.2 Å². The second kappa shape index (κ2) is 11.8. The number of hydrogen-bond acceptors (Lipinski definition) is 6. The fourth-order valence-corrected chi connectivity index (χ4v) is 4.94. The van der Waals surface area contributed by atoms with E-state index in [2.05, 4.69) is 4.98 Å². The smallest absolute Gasteiger partial charge is 0.344 e. The number of ether oxygens (including phenoxy) is 2. The van der Waals surface area contributed by atoms with Gasteiger partial charge < -0.3 is 9.47 Å². The Bertz CT molecular complexity index is 1130. The van der Waals surface area contributed by atoms with Crippen LogP contribution >= 0.6 is 11.6 Å². The van der Waals surface area contributed by atoms with Crippen LogP contribution in [0.1, 0.15) is 30.4 Å². The molecule has 8 heteroatoms. The third-order valence-corrected chi connectivity index (χ3v) is 7.14. The molecule has 174 valence electrons. The molecule has 0 spiro atoms. The largest absolute Gasteiger partial charge is 0.482 e. The van der Waals surface area contributed by atoms with Crippen LogP contribution in [0.5, 0.6) is 5.75 Å². The number of carbonyl (C=O) groups is 1. The summed E-state index contributed by atoms with van der Waals surface area (Å²) in [4.78, 5) is 15.9. The molecule has 3 aromatic rings. The molecule has 0 saturated heterocycles.